The molecule has 0 aliphatic heterocycles. The van der Waals surface area contributed by atoms with Crippen LogP contribution < -0.4 is 0 Å². The zero-order chi connectivity index (χ0) is 11.3. The summed E-state index contributed by atoms with van der Waals surface area (Å²) in [4.78, 5) is 0. The van der Waals surface area contributed by atoms with Gasteiger partial charge in [0.1, 0.15) is 0 Å². The van der Waals surface area contributed by atoms with Gasteiger partial charge < -0.3 is 0 Å². The van der Waals surface area contributed by atoms with Crippen molar-refractivity contribution >= 4 is 17.8 Å². The number of benzene rings is 1. The van der Waals surface area contributed by atoms with Gasteiger partial charge in [0.05, 0.1) is 0 Å². The summed E-state index contributed by atoms with van der Waals surface area (Å²) in [6.45, 7) is 12.0. The number of hydrogen-bond acceptors (Lipinski definition) is 1. The summed E-state index contributed by atoms with van der Waals surface area (Å²) in [6, 6.07) is 6.36. The molecule has 80 valence electrons. The monoisotopic (exact) mass is 218 g/mol. The Bertz CT molecular complexity index is 364. The van der Waals surface area contributed by atoms with Gasteiger partial charge in [-0.1, -0.05) is 43.0 Å². The standard InChI is InChI=1S/C14H18S/c1-5-13-8-6-7-12(4)14(13)10-15-9-11(2)3/h5-8H,1-2,9-10H2,3-4H3. The smallest absolute Gasteiger partial charge is 0.0196 e. The molecular formula is C14H18S. The molecule has 0 radical (unpaired) electrons. The molecule has 0 unspecified atom stereocenters. The first kappa shape index (κ1) is 12.1. The Morgan fingerprint density at radius 3 is 2.80 bits per heavy atom. The molecule has 0 heterocycles. The van der Waals surface area contributed by atoms with Crippen molar-refractivity contribution in [1.29, 1.82) is 0 Å². The van der Waals surface area contributed by atoms with Gasteiger partial charge in [0.25, 0.3) is 0 Å². The second-order valence-corrected chi connectivity index (χ2v) is 4.78. The van der Waals surface area contributed by atoms with Crippen LogP contribution in [0.3, 0.4) is 0 Å². The molecule has 15 heavy (non-hydrogen) atoms. The Balaban J connectivity index is 2.74. The number of aryl methyl sites for hydroxylation is 1. The second-order valence-electron chi connectivity index (χ2n) is 3.80. The van der Waals surface area contributed by atoms with Crippen LogP contribution in [0.1, 0.15) is 23.6 Å². The van der Waals surface area contributed by atoms with Crippen LogP contribution in [0.5, 0.6) is 0 Å². The van der Waals surface area contributed by atoms with E-state index in [0.29, 0.717) is 0 Å². The predicted octanol–water partition coefficient (Wildman–Crippen LogP) is 4.45. The Hall–Kier alpha value is -0.950. The zero-order valence-corrected chi connectivity index (χ0v) is 10.4. The van der Waals surface area contributed by atoms with Crippen molar-refractivity contribution in [2.45, 2.75) is 19.6 Å². The van der Waals surface area contributed by atoms with Crippen molar-refractivity contribution in [3.05, 3.63) is 53.6 Å². The van der Waals surface area contributed by atoms with Crippen molar-refractivity contribution in [2.75, 3.05) is 5.75 Å². The third-order valence-electron chi connectivity index (χ3n) is 2.26. The van der Waals surface area contributed by atoms with E-state index >= 15 is 0 Å². The van der Waals surface area contributed by atoms with Gasteiger partial charge in [-0.25, -0.2) is 0 Å². The summed E-state index contributed by atoms with van der Waals surface area (Å²) >= 11 is 1.91. The average Bonchev–Trinajstić information content (AvgIpc) is 2.20. The van der Waals surface area contributed by atoms with E-state index in [1.807, 2.05) is 17.8 Å². The molecule has 0 saturated carbocycles. The quantitative estimate of drug-likeness (QED) is 0.658. The largest absolute Gasteiger partial charge is 0.153 e. The molecule has 0 aliphatic carbocycles. The zero-order valence-electron chi connectivity index (χ0n) is 9.55. The van der Waals surface area contributed by atoms with Gasteiger partial charge in [-0.15, -0.1) is 0 Å². The highest BCUT2D eigenvalue weighted by Crippen LogP contribution is 2.22. The minimum Gasteiger partial charge on any atom is -0.153 e. The van der Waals surface area contributed by atoms with E-state index in [0.717, 1.165) is 11.5 Å². The Labute approximate surface area is 97.1 Å². The highest BCUT2D eigenvalue weighted by atomic mass is 32.2. The highest BCUT2D eigenvalue weighted by molar-refractivity contribution is 7.98. The lowest BCUT2D eigenvalue weighted by Crippen LogP contribution is -1.92. The van der Waals surface area contributed by atoms with E-state index in [2.05, 4.69) is 45.2 Å². The van der Waals surface area contributed by atoms with Gasteiger partial charge in [-0.3, -0.25) is 0 Å². The molecule has 1 rings (SSSR count). The fourth-order valence-electron chi connectivity index (χ4n) is 1.44. The van der Waals surface area contributed by atoms with Crippen LogP contribution in [-0.2, 0) is 5.75 Å². The normalized spacial score (nSPS) is 10.0. The summed E-state index contributed by atoms with van der Waals surface area (Å²) in [5.41, 5.74) is 5.23. The van der Waals surface area contributed by atoms with E-state index < -0.39 is 0 Å². The first-order chi connectivity index (χ1) is 7.15. The van der Waals surface area contributed by atoms with E-state index in [1.54, 1.807) is 0 Å². The van der Waals surface area contributed by atoms with Gasteiger partial charge in [0.15, 0.2) is 0 Å². The van der Waals surface area contributed by atoms with E-state index in [1.165, 1.54) is 22.3 Å². The number of thioether (sulfide) groups is 1. The highest BCUT2D eigenvalue weighted by Gasteiger charge is 2.02. The SMILES string of the molecule is C=Cc1cccc(C)c1CSCC(=C)C. The van der Waals surface area contributed by atoms with Crippen LogP contribution in [0.4, 0.5) is 0 Å². The number of hydrogen-bond donors (Lipinski definition) is 0. The van der Waals surface area contributed by atoms with Crippen molar-refractivity contribution in [3.8, 4) is 0 Å². The van der Waals surface area contributed by atoms with Crippen LogP contribution in [0.15, 0.2) is 36.9 Å². The van der Waals surface area contributed by atoms with Gasteiger partial charge in [-0.05, 0) is 30.5 Å². The Kier molecular flexibility index (Phi) is 4.70. The molecule has 0 amide bonds. The summed E-state index contributed by atoms with van der Waals surface area (Å²) in [5, 5.41) is 0. The van der Waals surface area contributed by atoms with Crippen LogP contribution in [-0.4, -0.2) is 5.75 Å². The minimum absolute atomic E-state index is 1.03. The van der Waals surface area contributed by atoms with Crippen LogP contribution >= 0.6 is 11.8 Å². The van der Waals surface area contributed by atoms with E-state index in [-0.39, 0.29) is 0 Å². The van der Waals surface area contributed by atoms with Gasteiger partial charge in [0, 0.05) is 11.5 Å². The average molecular weight is 218 g/mol. The third kappa shape index (κ3) is 3.60. The maximum absolute atomic E-state index is 3.91. The van der Waals surface area contributed by atoms with Gasteiger partial charge >= 0.3 is 0 Å². The van der Waals surface area contributed by atoms with Crippen LogP contribution in [0.2, 0.25) is 0 Å². The van der Waals surface area contributed by atoms with Gasteiger partial charge in [-0.2, -0.15) is 11.8 Å². The first-order valence-electron chi connectivity index (χ1n) is 5.08. The molecular weight excluding hydrogens is 200 g/mol. The second kappa shape index (κ2) is 5.82. The van der Waals surface area contributed by atoms with Crippen molar-refractivity contribution in [3.63, 3.8) is 0 Å². The Morgan fingerprint density at radius 2 is 2.20 bits per heavy atom. The fraction of sp³-hybridized carbons (Fsp3) is 0.286. The molecule has 0 fully saturated rings. The molecule has 0 nitrogen and oxygen atoms in total. The molecule has 1 aromatic rings. The first-order valence-corrected chi connectivity index (χ1v) is 6.23. The lowest BCUT2D eigenvalue weighted by molar-refractivity contribution is 1.29. The molecule has 0 spiro atoms. The fourth-order valence-corrected chi connectivity index (χ4v) is 2.49. The lowest BCUT2D eigenvalue weighted by Gasteiger charge is -2.09. The molecule has 0 bridgehead atoms. The molecule has 0 atom stereocenters. The van der Waals surface area contributed by atoms with Crippen molar-refractivity contribution in [2.24, 2.45) is 0 Å². The predicted molar refractivity (Wildman–Crippen MR) is 72.2 cm³/mol. The molecule has 0 aromatic heterocycles. The van der Waals surface area contributed by atoms with E-state index in [9.17, 15) is 0 Å². The maximum atomic E-state index is 3.91. The van der Waals surface area contributed by atoms with Crippen molar-refractivity contribution < 1.29 is 0 Å². The van der Waals surface area contributed by atoms with Crippen molar-refractivity contribution in [1.82, 2.24) is 0 Å². The summed E-state index contributed by atoms with van der Waals surface area (Å²) < 4.78 is 0. The summed E-state index contributed by atoms with van der Waals surface area (Å²) in [5.74, 6) is 2.08. The summed E-state index contributed by atoms with van der Waals surface area (Å²) in [6.07, 6.45) is 1.93. The van der Waals surface area contributed by atoms with Crippen LogP contribution in [0, 0.1) is 6.92 Å². The Morgan fingerprint density at radius 1 is 1.47 bits per heavy atom. The lowest BCUT2D eigenvalue weighted by atomic mass is 10.0. The molecule has 0 N–H and O–H groups in total. The molecule has 1 aromatic carbocycles. The summed E-state index contributed by atoms with van der Waals surface area (Å²) in [7, 11) is 0. The molecule has 0 saturated heterocycles. The van der Waals surface area contributed by atoms with Gasteiger partial charge in [0.2, 0.25) is 0 Å². The topological polar surface area (TPSA) is 0 Å². The maximum Gasteiger partial charge on any atom is 0.0196 e. The van der Waals surface area contributed by atoms with Crippen LogP contribution in [0.25, 0.3) is 6.08 Å². The minimum atomic E-state index is 1.03. The van der Waals surface area contributed by atoms with E-state index in [4.69, 9.17) is 0 Å². The molecule has 0 aliphatic rings. The number of rotatable bonds is 5. The third-order valence-corrected chi connectivity index (χ3v) is 3.45. The molecule has 1 heteroatoms.